The Morgan fingerprint density at radius 3 is 0.722 bits per heavy atom. The molecule has 54 heavy (non-hydrogen) atoms. The van der Waals surface area contributed by atoms with Gasteiger partial charge in [0, 0.05) is 17.1 Å². The van der Waals surface area contributed by atoms with Gasteiger partial charge in [-0.2, -0.15) is 0 Å². The van der Waals surface area contributed by atoms with Crippen LogP contribution in [0.3, 0.4) is 0 Å². The Hall–Kier alpha value is -4.17. The number of nitrogens with zero attached hydrogens (tertiary/aromatic N) is 3. The van der Waals surface area contributed by atoms with Gasteiger partial charge in [-0.05, 0) is 116 Å². The summed E-state index contributed by atoms with van der Waals surface area (Å²) in [6.45, 7) is 24.9. The highest BCUT2D eigenvalue weighted by Gasteiger charge is 2.20. The molecule has 3 aromatic carbocycles. The van der Waals surface area contributed by atoms with Crippen LogP contribution in [-0.4, -0.2) is 90.6 Å². The summed E-state index contributed by atoms with van der Waals surface area (Å²) in [5.74, 6) is -0.650. The zero-order chi connectivity index (χ0) is 41.3. The van der Waals surface area contributed by atoms with Gasteiger partial charge in [-0.15, -0.1) is 0 Å². The molecule has 0 fully saturated rings. The fraction of sp³-hybridized carbons (Fsp3) is 0.500. The summed E-state index contributed by atoms with van der Waals surface area (Å²) in [6, 6.07) is 17.5. The third-order valence-electron chi connectivity index (χ3n) is 9.99. The van der Waals surface area contributed by atoms with E-state index >= 15 is 0 Å². The molecule has 3 amide bonds. The van der Waals surface area contributed by atoms with Gasteiger partial charge in [0.15, 0.2) is 19.6 Å². The minimum atomic E-state index is -0.475. The van der Waals surface area contributed by atoms with Gasteiger partial charge in [0.25, 0.3) is 17.7 Å². The van der Waals surface area contributed by atoms with Crippen LogP contribution in [0.1, 0.15) is 74.9 Å². The first kappa shape index (κ1) is 47.9. The van der Waals surface area contributed by atoms with E-state index in [2.05, 4.69) is 16.0 Å². The zero-order valence-corrected chi connectivity index (χ0v) is 34.9. The number of amides is 3. The van der Waals surface area contributed by atoms with Crippen molar-refractivity contribution < 1.29 is 28.3 Å². The van der Waals surface area contributed by atoms with Crippen molar-refractivity contribution in [3.63, 3.8) is 0 Å². The van der Waals surface area contributed by atoms with Crippen molar-refractivity contribution in [2.24, 2.45) is 0 Å². The molecular weight excluding hydrogens is 684 g/mol. The van der Waals surface area contributed by atoms with Crippen molar-refractivity contribution in [1.29, 1.82) is 0 Å². The predicted molar refractivity (Wildman–Crippen MR) is 222 cm³/mol. The first-order valence-corrected chi connectivity index (χ1v) is 19.0. The third kappa shape index (κ3) is 15.3. The highest BCUT2D eigenvalue weighted by molar-refractivity contribution is 5.94. The van der Waals surface area contributed by atoms with Crippen LogP contribution in [0.5, 0.6) is 0 Å². The number of aryl methyl sites for hydroxylation is 6. The number of likely N-dealkylation sites (N-methyl/N-ethyl adjacent to an activating group) is 3. The molecule has 0 bridgehead atoms. The van der Waals surface area contributed by atoms with E-state index in [1.165, 1.54) is 0 Å². The molecule has 12 nitrogen and oxygen atoms in total. The quantitative estimate of drug-likeness (QED) is 0.106. The SMILES string of the molecule is CC[N+]([O-])(CC)CC(=O)Nc1c(C)cccc1C.CC[N+]([O-])(CC)CC(=O)Nc1c(C)cccc1C.CC[N+]([O-])(CC)CC(=O)Nc1c(C)cccc1C. The third-order valence-corrected chi connectivity index (χ3v) is 9.99. The summed E-state index contributed by atoms with van der Waals surface area (Å²) >= 11 is 0. The number of rotatable bonds is 15. The minimum Gasteiger partial charge on any atom is -0.632 e. The number of quaternary nitrogens is 3. The minimum absolute atomic E-state index is 0.0270. The van der Waals surface area contributed by atoms with Crippen molar-refractivity contribution in [1.82, 2.24) is 0 Å². The lowest BCUT2D eigenvalue weighted by Gasteiger charge is -2.40. The van der Waals surface area contributed by atoms with Gasteiger partial charge in [0.2, 0.25) is 0 Å². The van der Waals surface area contributed by atoms with Gasteiger partial charge in [0.1, 0.15) is 0 Å². The van der Waals surface area contributed by atoms with Gasteiger partial charge in [0.05, 0.1) is 39.3 Å². The first-order valence-electron chi connectivity index (χ1n) is 19.0. The number of anilines is 3. The molecular formula is C42H66N6O6. The Morgan fingerprint density at radius 2 is 0.574 bits per heavy atom. The summed E-state index contributed by atoms with van der Waals surface area (Å²) in [7, 11) is 0. The molecule has 3 aromatic rings. The largest absolute Gasteiger partial charge is 0.632 e. The molecule has 12 heteroatoms. The first-order chi connectivity index (χ1) is 25.2. The van der Waals surface area contributed by atoms with Crippen LogP contribution < -0.4 is 16.0 Å². The lowest BCUT2D eigenvalue weighted by atomic mass is 10.1. The molecule has 0 saturated carbocycles. The molecule has 300 valence electrons. The molecule has 3 N–H and O–H groups in total. The second-order valence-corrected chi connectivity index (χ2v) is 14.0. The maximum Gasteiger partial charge on any atom is 0.279 e. The smallest absolute Gasteiger partial charge is 0.279 e. The molecule has 0 atom stereocenters. The number of carbonyl (C=O) groups excluding carboxylic acids is 3. The number of benzene rings is 3. The van der Waals surface area contributed by atoms with Crippen molar-refractivity contribution in [3.8, 4) is 0 Å². The van der Waals surface area contributed by atoms with Crippen LogP contribution in [0.4, 0.5) is 17.1 Å². The Bertz CT molecular complexity index is 1410. The van der Waals surface area contributed by atoms with Crippen molar-refractivity contribution in [2.75, 3.05) is 74.9 Å². The van der Waals surface area contributed by atoms with Crippen LogP contribution in [-0.2, 0) is 14.4 Å². The van der Waals surface area contributed by atoms with Crippen LogP contribution in [0.2, 0.25) is 0 Å². The fourth-order valence-corrected chi connectivity index (χ4v) is 5.70. The Morgan fingerprint density at radius 1 is 0.407 bits per heavy atom. The molecule has 0 saturated heterocycles. The lowest BCUT2D eigenvalue weighted by molar-refractivity contribution is -0.868. The number of hydrogen-bond acceptors (Lipinski definition) is 6. The Balaban J connectivity index is 0.000000405. The van der Waals surface area contributed by atoms with E-state index in [9.17, 15) is 30.0 Å². The topological polar surface area (TPSA) is 156 Å². The molecule has 0 spiro atoms. The van der Waals surface area contributed by atoms with Crippen molar-refractivity contribution in [2.45, 2.75) is 83.1 Å². The number of para-hydroxylation sites is 3. The average molecular weight is 751 g/mol. The van der Waals surface area contributed by atoms with Crippen molar-refractivity contribution in [3.05, 3.63) is 104 Å². The molecule has 0 aromatic heterocycles. The average Bonchev–Trinajstić information content (AvgIpc) is 3.13. The van der Waals surface area contributed by atoms with Crippen LogP contribution in [0.25, 0.3) is 0 Å². The molecule has 0 unspecified atom stereocenters. The van der Waals surface area contributed by atoms with Crippen LogP contribution >= 0.6 is 0 Å². The maximum absolute atomic E-state index is 12.1. The summed E-state index contributed by atoms with van der Waals surface area (Å²) in [5.41, 5.74) is 8.55. The lowest BCUT2D eigenvalue weighted by Crippen LogP contribution is -2.47. The number of hydroxylamine groups is 9. The van der Waals surface area contributed by atoms with E-state index in [4.69, 9.17) is 0 Å². The van der Waals surface area contributed by atoms with Gasteiger partial charge >= 0.3 is 0 Å². The molecule has 0 heterocycles. The summed E-state index contributed by atoms with van der Waals surface area (Å²) in [6.07, 6.45) is 0. The maximum atomic E-state index is 12.1. The van der Waals surface area contributed by atoms with Gasteiger partial charge in [-0.25, -0.2) is 0 Å². The van der Waals surface area contributed by atoms with E-state index in [1.807, 2.05) is 138 Å². The summed E-state index contributed by atoms with van der Waals surface area (Å²) in [4.78, 5) is 35.8. The van der Waals surface area contributed by atoms with E-state index in [1.54, 1.807) is 0 Å². The van der Waals surface area contributed by atoms with E-state index in [-0.39, 0.29) is 37.4 Å². The fourth-order valence-electron chi connectivity index (χ4n) is 5.70. The van der Waals surface area contributed by atoms with E-state index in [0.29, 0.717) is 39.3 Å². The standard InChI is InChI=1S/3C14H22N2O2/c3*1-5-16(18,6-2)10-13(17)15-14-11(3)8-7-9-12(14)4/h3*7-9H,5-6,10H2,1-4H3,(H,15,17). The second-order valence-electron chi connectivity index (χ2n) is 14.0. The number of hydrogen-bond donors (Lipinski definition) is 3. The van der Waals surface area contributed by atoms with Crippen LogP contribution in [0.15, 0.2) is 54.6 Å². The van der Waals surface area contributed by atoms with E-state index < -0.39 is 13.9 Å². The monoisotopic (exact) mass is 751 g/mol. The summed E-state index contributed by atoms with van der Waals surface area (Å²) in [5, 5.41) is 44.8. The zero-order valence-electron chi connectivity index (χ0n) is 34.9. The molecule has 0 radical (unpaired) electrons. The molecule has 0 aliphatic rings. The Kier molecular flexibility index (Phi) is 19.7. The molecule has 3 rings (SSSR count). The molecule has 0 aliphatic carbocycles. The van der Waals surface area contributed by atoms with Gasteiger partial charge < -0.3 is 45.5 Å². The Labute approximate surface area is 324 Å². The van der Waals surface area contributed by atoms with E-state index in [0.717, 1.165) is 50.4 Å². The van der Waals surface area contributed by atoms with Gasteiger partial charge in [-0.3, -0.25) is 14.4 Å². The number of nitrogens with one attached hydrogen (secondary N) is 3. The highest BCUT2D eigenvalue weighted by atomic mass is 16.6. The second kappa shape index (κ2) is 22.3. The highest BCUT2D eigenvalue weighted by Crippen LogP contribution is 2.22. The predicted octanol–water partition coefficient (Wildman–Crippen LogP) is 7.79. The van der Waals surface area contributed by atoms with Crippen LogP contribution in [0, 0.1) is 57.2 Å². The normalized spacial score (nSPS) is 11.4. The number of carbonyl (C=O) groups is 3. The molecule has 0 aliphatic heterocycles. The van der Waals surface area contributed by atoms with Crippen molar-refractivity contribution >= 4 is 34.8 Å². The summed E-state index contributed by atoms with van der Waals surface area (Å²) < 4.78 is -1.43. The van der Waals surface area contributed by atoms with Gasteiger partial charge in [-0.1, -0.05) is 54.6 Å².